The summed E-state index contributed by atoms with van der Waals surface area (Å²) in [6, 6.07) is 8.88. The molecule has 2 fully saturated rings. The average molecular weight is 259 g/mol. The van der Waals surface area contributed by atoms with E-state index in [1.165, 1.54) is 38.5 Å². The Labute approximate surface area is 114 Å². The largest absolute Gasteiger partial charge is 0.478 e. The number of carboxylic acids is 1. The third kappa shape index (κ3) is 2.66. The number of hydrogen-bond donors (Lipinski definition) is 1. The van der Waals surface area contributed by atoms with Crippen LogP contribution in [0.15, 0.2) is 24.3 Å². The Bertz CT molecular complexity index is 450. The summed E-state index contributed by atoms with van der Waals surface area (Å²) in [6.07, 6.45) is 7.96. The van der Waals surface area contributed by atoms with Gasteiger partial charge in [0.25, 0.3) is 0 Å². The van der Waals surface area contributed by atoms with Crippen LogP contribution < -0.4 is 0 Å². The standard InChI is InChI=1S/C16H21NO2/c18-16(19)13-5-1-4-12(10-13)11-17(14-6-2-7-14)15-8-3-9-15/h1,4-5,10,14-15H,2-3,6-9,11H2,(H,18,19). The zero-order valence-corrected chi connectivity index (χ0v) is 11.2. The molecular formula is C16H21NO2. The van der Waals surface area contributed by atoms with Gasteiger partial charge in [-0.1, -0.05) is 25.0 Å². The van der Waals surface area contributed by atoms with Gasteiger partial charge in [0.05, 0.1) is 5.56 Å². The second-order valence-electron chi connectivity index (χ2n) is 5.85. The van der Waals surface area contributed by atoms with E-state index in [9.17, 15) is 4.79 Å². The molecule has 2 aliphatic carbocycles. The van der Waals surface area contributed by atoms with Gasteiger partial charge in [0.15, 0.2) is 0 Å². The molecule has 19 heavy (non-hydrogen) atoms. The molecule has 3 heteroatoms. The van der Waals surface area contributed by atoms with E-state index in [2.05, 4.69) is 11.0 Å². The zero-order chi connectivity index (χ0) is 13.2. The molecule has 0 bridgehead atoms. The van der Waals surface area contributed by atoms with Gasteiger partial charge in [-0.15, -0.1) is 0 Å². The second kappa shape index (κ2) is 5.33. The fraction of sp³-hybridized carbons (Fsp3) is 0.562. The highest BCUT2D eigenvalue weighted by Crippen LogP contribution is 2.34. The minimum Gasteiger partial charge on any atom is -0.478 e. The smallest absolute Gasteiger partial charge is 0.335 e. The van der Waals surface area contributed by atoms with E-state index in [0.717, 1.165) is 24.2 Å². The molecule has 0 atom stereocenters. The molecule has 0 aliphatic heterocycles. The maximum Gasteiger partial charge on any atom is 0.335 e. The highest BCUT2D eigenvalue weighted by Gasteiger charge is 2.33. The van der Waals surface area contributed by atoms with E-state index in [1.54, 1.807) is 6.07 Å². The molecule has 0 radical (unpaired) electrons. The summed E-state index contributed by atoms with van der Waals surface area (Å²) in [7, 11) is 0. The lowest BCUT2D eigenvalue weighted by Gasteiger charge is -2.46. The van der Waals surface area contributed by atoms with E-state index < -0.39 is 5.97 Å². The Morgan fingerprint density at radius 3 is 2.26 bits per heavy atom. The number of benzene rings is 1. The van der Waals surface area contributed by atoms with Crippen molar-refractivity contribution in [2.75, 3.05) is 0 Å². The Morgan fingerprint density at radius 2 is 1.79 bits per heavy atom. The fourth-order valence-electron chi connectivity index (χ4n) is 3.01. The van der Waals surface area contributed by atoms with Gasteiger partial charge in [-0.2, -0.15) is 0 Å². The Balaban J connectivity index is 1.73. The monoisotopic (exact) mass is 259 g/mol. The van der Waals surface area contributed by atoms with Crippen molar-refractivity contribution in [3.8, 4) is 0 Å². The second-order valence-corrected chi connectivity index (χ2v) is 5.85. The number of aromatic carboxylic acids is 1. The van der Waals surface area contributed by atoms with Gasteiger partial charge in [-0.3, -0.25) is 4.90 Å². The van der Waals surface area contributed by atoms with Crippen LogP contribution in [0.5, 0.6) is 0 Å². The molecule has 0 saturated heterocycles. The lowest BCUT2D eigenvalue weighted by atomic mass is 9.84. The van der Waals surface area contributed by atoms with Crippen molar-refractivity contribution < 1.29 is 9.90 Å². The maximum absolute atomic E-state index is 11.0. The Morgan fingerprint density at radius 1 is 1.16 bits per heavy atom. The summed E-state index contributed by atoms with van der Waals surface area (Å²) in [5, 5.41) is 9.06. The highest BCUT2D eigenvalue weighted by atomic mass is 16.4. The van der Waals surface area contributed by atoms with Gasteiger partial charge >= 0.3 is 5.97 Å². The van der Waals surface area contributed by atoms with Gasteiger partial charge in [0.1, 0.15) is 0 Å². The summed E-state index contributed by atoms with van der Waals surface area (Å²) in [6.45, 7) is 0.913. The van der Waals surface area contributed by atoms with Crippen LogP contribution in [-0.2, 0) is 6.54 Å². The molecule has 3 rings (SSSR count). The van der Waals surface area contributed by atoms with Crippen molar-refractivity contribution in [3.63, 3.8) is 0 Å². The van der Waals surface area contributed by atoms with E-state index in [-0.39, 0.29) is 0 Å². The first-order chi connectivity index (χ1) is 9.24. The summed E-state index contributed by atoms with van der Waals surface area (Å²) < 4.78 is 0. The van der Waals surface area contributed by atoms with Crippen LogP contribution >= 0.6 is 0 Å². The summed E-state index contributed by atoms with van der Waals surface area (Å²) in [5.41, 5.74) is 1.54. The first-order valence-electron chi connectivity index (χ1n) is 7.32. The van der Waals surface area contributed by atoms with Gasteiger partial charge in [0, 0.05) is 18.6 Å². The summed E-state index contributed by atoms with van der Waals surface area (Å²) in [5.74, 6) is -0.833. The van der Waals surface area contributed by atoms with Crippen molar-refractivity contribution >= 4 is 5.97 Å². The molecule has 102 valence electrons. The average Bonchev–Trinajstić information content (AvgIpc) is 2.24. The third-order valence-corrected chi connectivity index (χ3v) is 4.63. The molecular weight excluding hydrogens is 238 g/mol. The predicted octanol–water partition coefficient (Wildman–Crippen LogP) is 3.29. The van der Waals surface area contributed by atoms with Gasteiger partial charge < -0.3 is 5.11 Å². The SMILES string of the molecule is O=C(O)c1cccc(CN(C2CCC2)C2CCC2)c1. The summed E-state index contributed by atoms with van der Waals surface area (Å²) in [4.78, 5) is 13.6. The van der Waals surface area contributed by atoms with E-state index in [4.69, 9.17) is 5.11 Å². The number of rotatable bonds is 5. The van der Waals surface area contributed by atoms with Crippen LogP contribution in [0.1, 0.15) is 54.4 Å². The van der Waals surface area contributed by atoms with Gasteiger partial charge in [0.2, 0.25) is 0 Å². The molecule has 0 aromatic heterocycles. The highest BCUT2D eigenvalue weighted by molar-refractivity contribution is 5.87. The first kappa shape index (κ1) is 12.7. The number of nitrogens with zero attached hydrogens (tertiary/aromatic N) is 1. The van der Waals surface area contributed by atoms with Crippen molar-refractivity contribution in [2.45, 2.75) is 57.2 Å². The summed E-state index contributed by atoms with van der Waals surface area (Å²) >= 11 is 0. The molecule has 1 aromatic carbocycles. The first-order valence-corrected chi connectivity index (χ1v) is 7.32. The topological polar surface area (TPSA) is 40.5 Å². The fourth-order valence-corrected chi connectivity index (χ4v) is 3.01. The van der Waals surface area contributed by atoms with Crippen molar-refractivity contribution in [3.05, 3.63) is 35.4 Å². The van der Waals surface area contributed by atoms with Crippen LogP contribution in [0.3, 0.4) is 0 Å². The van der Waals surface area contributed by atoms with Crippen molar-refractivity contribution in [1.82, 2.24) is 4.90 Å². The lowest BCUT2D eigenvalue weighted by molar-refractivity contribution is 0.0331. The predicted molar refractivity (Wildman–Crippen MR) is 74.2 cm³/mol. The van der Waals surface area contributed by atoms with Gasteiger partial charge in [-0.25, -0.2) is 4.79 Å². The Kier molecular flexibility index (Phi) is 3.56. The normalized spacial score (nSPS) is 20.1. The van der Waals surface area contributed by atoms with Crippen LogP contribution in [0, 0.1) is 0 Å². The molecule has 2 aliphatic rings. The van der Waals surface area contributed by atoms with E-state index >= 15 is 0 Å². The molecule has 0 amide bonds. The molecule has 1 aromatic rings. The number of carbonyl (C=O) groups is 1. The van der Waals surface area contributed by atoms with Crippen molar-refractivity contribution in [2.24, 2.45) is 0 Å². The number of carboxylic acid groups (broad SMARTS) is 1. The van der Waals surface area contributed by atoms with Crippen LogP contribution in [-0.4, -0.2) is 28.1 Å². The molecule has 2 saturated carbocycles. The quantitative estimate of drug-likeness (QED) is 0.882. The maximum atomic E-state index is 11.0. The lowest BCUT2D eigenvalue weighted by Crippen LogP contribution is -2.48. The molecule has 0 heterocycles. The molecule has 3 nitrogen and oxygen atoms in total. The van der Waals surface area contributed by atoms with Crippen LogP contribution in [0.25, 0.3) is 0 Å². The Hall–Kier alpha value is -1.35. The van der Waals surface area contributed by atoms with E-state index in [1.807, 2.05) is 12.1 Å². The molecule has 0 unspecified atom stereocenters. The van der Waals surface area contributed by atoms with Gasteiger partial charge in [-0.05, 0) is 43.4 Å². The minimum atomic E-state index is -0.833. The van der Waals surface area contributed by atoms with Crippen LogP contribution in [0.4, 0.5) is 0 Å². The van der Waals surface area contributed by atoms with Crippen molar-refractivity contribution in [1.29, 1.82) is 0 Å². The van der Waals surface area contributed by atoms with Crippen LogP contribution in [0.2, 0.25) is 0 Å². The molecule has 1 N–H and O–H groups in total. The van der Waals surface area contributed by atoms with E-state index in [0.29, 0.717) is 5.56 Å². The third-order valence-electron chi connectivity index (χ3n) is 4.63. The minimum absolute atomic E-state index is 0.402. The molecule has 0 spiro atoms. The zero-order valence-electron chi connectivity index (χ0n) is 11.2. The number of hydrogen-bond acceptors (Lipinski definition) is 2.